The average molecular weight is 454 g/mol. The Kier molecular flexibility index (Phi) is 4.64. The van der Waals surface area contributed by atoms with Gasteiger partial charge in [-0.3, -0.25) is 19.3 Å². The summed E-state index contributed by atoms with van der Waals surface area (Å²) in [5.74, 6) is -0.202. The van der Waals surface area contributed by atoms with E-state index in [2.05, 4.69) is 25.9 Å². The van der Waals surface area contributed by atoms with Crippen LogP contribution >= 0.6 is 28.1 Å². The van der Waals surface area contributed by atoms with Gasteiger partial charge in [0, 0.05) is 21.8 Å². The van der Waals surface area contributed by atoms with Crippen LogP contribution < -0.4 is 5.56 Å². The van der Waals surface area contributed by atoms with Gasteiger partial charge in [0.05, 0.1) is 11.4 Å². The monoisotopic (exact) mass is 453 g/mol. The highest BCUT2D eigenvalue weighted by atomic mass is 79.9. The molecule has 4 rings (SSSR count). The van der Waals surface area contributed by atoms with Gasteiger partial charge in [-0.1, -0.05) is 28.1 Å². The van der Waals surface area contributed by atoms with Gasteiger partial charge in [-0.2, -0.15) is 0 Å². The standard InChI is InChI=1S/C21H16BrN3O2S/c1-11-4-3-5-18(12(11)2)25-20(27)16(19(26)24-21(25)28)8-13-10-23-17-7-6-14(22)9-15(13)17/h3-10,27H,1-2H3,(H,24,26,28). The highest BCUT2D eigenvalue weighted by Gasteiger charge is 2.18. The Labute approximate surface area is 174 Å². The van der Waals surface area contributed by atoms with E-state index >= 15 is 0 Å². The van der Waals surface area contributed by atoms with E-state index in [4.69, 9.17) is 12.2 Å². The van der Waals surface area contributed by atoms with E-state index < -0.39 is 5.56 Å². The molecule has 0 spiro atoms. The third-order valence-electron chi connectivity index (χ3n) is 4.85. The summed E-state index contributed by atoms with van der Waals surface area (Å²) in [6.07, 6.45) is 3.31. The predicted octanol–water partition coefficient (Wildman–Crippen LogP) is 5.24. The molecule has 2 aromatic carbocycles. The molecule has 3 aromatic rings. The van der Waals surface area contributed by atoms with Crippen molar-refractivity contribution < 1.29 is 5.11 Å². The number of nitrogens with one attached hydrogen (secondary N) is 1. The van der Waals surface area contributed by atoms with Crippen molar-refractivity contribution in [1.82, 2.24) is 9.55 Å². The van der Waals surface area contributed by atoms with Gasteiger partial charge in [-0.15, -0.1) is 0 Å². The summed E-state index contributed by atoms with van der Waals surface area (Å²) in [7, 11) is 0. The molecule has 1 aliphatic rings. The zero-order valence-corrected chi connectivity index (χ0v) is 17.6. The maximum atomic E-state index is 12.6. The largest absolute Gasteiger partial charge is 0.494 e. The molecule has 0 atom stereocenters. The molecule has 0 aliphatic carbocycles. The minimum Gasteiger partial charge on any atom is -0.494 e. The van der Waals surface area contributed by atoms with E-state index in [-0.39, 0.29) is 16.2 Å². The van der Waals surface area contributed by atoms with Crippen molar-refractivity contribution in [3.05, 3.63) is 78.2 Å². The summed E-state index contributed by atoms with van der Waals surface area (Å²) in [6, 6.07) is 11.5. The van der Waals surface area contributed by atoms with Gasteiger partial charge in [-0.05, 0) is 67.5 Å². The maximum Gasteiger partial charge on any atom is 0.262 e. The number of allylic oxidation sites excluding steroid dienone is 1. The molecule has 0 fully saturated rings. The van der Waals surface area contributed by atoms with Crippen LogP contribution in [0.2, 0.25) is 0 Å². The molecule has 0 unspecified atom stereocenters. The number of rotatable bonds is 2. The van der Waals surface area contributed by atoms with Gasteiger partial charge < -0.3 is 5.11 Å². The molecule has 5 nitrogen and oxygen atoms in total. The first kappa shape index (κ1) is 18.6. The number of hydrogen-bond donors (Lipinski definition) is 2. The van der Waals surface area contributed by atoms with Crippen LogP contribution in [0, 0.1) is 18.6 Å². The van der Waals surface area contributed by atoms with Crippen LogP contribution in [0.3, 0.4) is 0 Å². The number of aromatic hydroxyl groups is 1. The first-order valence-electron chi connectivity index (χ1n) is 8.57. The Morgan fingerprint density at radius 2 is 2.04 bits per heavy atom. The van der Waals surface area contributed by atoms with Crippen molar-refractivity contribution in [2.24, 2.45) is 4.99 Å². The number of H-pyrrole nitrogens is 1. The SMILES string of the molecule is Cc1cccc(-n2c(O)c(C=C3C=Nc4ccc(Br)cc43)c(=O)[nH]c2=S)c1C. The Balaban J connectivity index is 1.95. The van der Waals surface area contributed by atoms with Gasteiger partial charge >= 0.3 is 0 Å². The number of hydrogen-bond acceptors (Lipinski definition) is 4. The molecule has 2 N–H and O–H groups in total. The third kappa shape index (κ3) is 3.06. The second-order valence-corrected chi connectivity index (χ2v) is 7.87. The van der Waals surface area contributed by atoms with Gasteiger partial charge in [0.25, 0.3) is 5.56 Å². The third-order valence-corrected chi connectivity index (χ3v) is 5.63. The molecule has 2 heterocycles. The number of halogens is 1. The molecule has 140 valence electrons. The maximum absolute atomic E-state index is 12.6. The number of aromatic amines is 1. The zero-order chi connectivity index (χ0) is 20.0. The molecule has 28 heavy (non-hydrogen) atoms. The van der Waals surface area contributed by atoms with Crippen LogP contribution in [0.15, 0.2) is 50.7 Å². The highest BCUT2D eigenvalue weighted by molar-refractivity contribution is 9.10. The second kappa shape index (κ2) is 7.00. The van der Waals surface area contributed by atoms with Crippen LogP contribution in [-0.2, 0) is 0 Å². The van der Waals surface area contributed by atoms with E-state index in [0.29, 0.717) is 0 Å². The lowest BCUT2D eigenvalue weighted by Gasteiger charge is -2.15. The van der Waals surface area contributed by atoms with Crippen molar-refractivity contribution in [3.8, 4) is 11.6 Å². The summed E-state index contributed by atoms with van der Waals surface area (Å²) in [5.41, 5.74) is 4.87. The van der Waals surface area contributed by atoms with Crippen molar-refractivity contribution in [2.75, 3.05) is 0 Å². The Morgan fingerprint density at radius 3 is 2.82 bits per heavy atom. The molecule has 0 saturated heterocycles. The smallest absolute Gasteiger partial charge is 0.262 e. The van der Waals surface area contributed by atoms with E-state index in [9.17, 15) is 9.90 Å². The molecule has 0 amide bonds. The lowest BCUT2D eigenvalue weighted by atomic mass is 10.0. The fourth-order valence-corrected chi connectivity index (χ4v) is 3.84. The topological polar surface area (TPSA) is 70.4 Å². The van der Waals surface area contributed by atoms with Crippen LogP contribution in [-0.4, -0.2) is 20.9 Å². The summed E-state index contributed by atoms with van der Waals surface area (Å²) in [4.78, 5) is 19.6. The van der Waals surface area contributed by atoms with Crippen molar-refractivity contribution >= 4 is 51.7 Å². The number of nitrogens with zero attached hydrogens (tertiary/aromatic N) is 2. The second-order valence-electron chi connectivity index (χ2n) is 6.57. The van der Waals surface area contributed by atoms with Crippen molar-refractivity contribution in [3.63, 3.8) is 0 Å². The Bertz CT molecular complexity index is 1300. The predicted molar refractivity (Wildman–Crippen MR) is 119 cm³/mol. The van der Waals surface area contributed by atoms with Crippen LogP contribution in [0.5, 0.6) is 5.88 Å². The van der Waals surface area contributed by atoms with Crippen molar-refractivity contribution in [1.29, 1.82) is 0 Å². The summed E-state index contributed by atoms with van der Waals surface area (Å²) >= 11 is 8.78. The highest BCUT2D eigenvalue weighted by Crippen LogP contribution is 2.35. The quantitative estimate of drug-likeness (QED) is 0.521. The molecule has 0 radical (unpaired) electrons. The zero-order valence-electron chi connectivity index (χ0n) is 15.2. The fraction of sp³-hybridized carbons (Fsp3) is 0.0952. The first-order chi connectivity index (χ1) is 13.4. The molecular weight excluding hydrogens is 438 g/mol. The van der Waals surface area contributed by atoms with Gasteiger partial charge in [-0.25, -0.2) is 0 Å². The summed E-state index contributed by atoms with van der Waals surface area (Å²) in [5, 5.41) is 11.0. The fourth-order valence-electron chi connectivity index (χ4n) is 3.20. The van der Waals surface area contributed by atoms with Crippen LogP contribution in [0.25, 0.3) is 17.3 Å². The van der Waals surface area contributed by atoms with Crippen molar-refractivity contribution in [2.45, 2.75) is 13.8 Å². The molecule has 1 aliphatic heterocycles. The number of benzene rings is 2. The number of fused-ring (bicyclic) bond motifs is 1. The lowest BCUT2D eigenvalue weighted by molar-refractivity contribution is 0.431. The lowest BCUT2D eigenvalue weighted by Crippen LogP contribution is -2.16. The molecule has 0 saturated carbocycles. The Morgan fingerprint density at radius 1 is 1.25 bits per heavy atom. The van der Waals surface area contributed by atoms with E-state index in [1.54, 1.807) is 12.3 Å². The van der Waals surface area contributed by atoms with Crippen LogP contribution in [0.4, 0.5) is 5.69 Å². The van der Waals surface area contributed by atoms with E-state index in [1.165, 1.54) is 4.57 Å². The molecular formula is C21H16BrN3O2S. The van der Waals surface area contributed by atoms with Gasteiger partial charge in [0.15, 0.2) is 4.77 Å². The molecule has 7 heteroatoms. The number of aromatic nitrogens is 2. The summed E-state index contributed by atoms with van der Waals surface area (Å²) in [6.45, 7) is 3.93. The Hall–Kier alpha value is -2.77. The van der Waals surface area contributed by atoms with Crippen LogP contribution in [0.1, 0.15) is 22.3 Å². The van der Waals surface area contributed by atoms with Gasteiger partial charge in [0.2, 0.25) is 5.88 Å². The minimum absolute atomic E-state index is 0.129. The average Bonchev–Trinajstić information content (AvgIpc) is 3.04. The van der Waals surface area contributed by atoms with E-state index in [0.717, 1.165) is 38.1 Å². The minimum atomic E-state index is -0.451. The first-order valence-corrected chi connectivity index (χ1v) is 9.77. The molecule has 1 aromatic heterocycles. The summed E-state index contributed by atoms with van der Waals surface area (Å²) < 4.78 is 2.54. The number of aliphatic imine (C=N–C) groups is 1. The number of aryl methyl sites for hydroxylation is 1. The normalized spacial score (nSPS) is 13.9. The van der Waals surface area contributed by atoms with E-state index in [1.807, 2.05) is 50.2 Å². The molecule has 0 bridgehead atoms. The van der Waals surface area contributed by atoms with Gasteiger partial charge in [0.1, 0.15) is 5.56 Å².